The van der Waals surface area contributed by atoms with Crippen LogP contribution >= 0.6 is 0 Å². The molecule has 0 aromatic carbocycles. The predicted octanol–water partition coefficient (Wildman–Crippen LogP) is 2.57. The summed E-state index contributed by atoms with van der Waals surface area (Å²) in [7, 11) is -3.07. The van der Waals surface area contributed by atoms with Crippen molar-refractivity contribution in [1.82, 2.24) is 14.9 Å². The summed E-state index contributed by atoms with van der Waals surface area (Å²) in [4.78, 5) is 4.72. The SMILES string of the molecule is CCNC(=NCC1CCN(S(C)(=O)=O)C1)NC(C)CCC1CCCCC1. The van der Waals surface area contributed by atoms with Crippen molar-refractivity contribution in [2.75, 3.05) is 32.4 Å². The van der Waals surface area contributed by atoms with E-state index in [1.165, 1.54) is 51.2 Å². The van der Waals surface area contributed by atoms with Gasteiger partial charge in [-0.1, -0.05) is 32.1 Å². The molecule has 2 unspecified atom stereocenters. The van der Waals surface area contributed by atoms with Gasteiger partial charge in [0.1, 0.15) is 0 Å². The number of nitrogens with one attached hydrogen (secondary N) is 2. The van der Waals surface area contributed by atoms with E-state index in [-0.39, 0.29) is 0 Å². The third-order valence-electron chi connectivity index (χ3n) is 5.69. The molecular weight excluding hydrogens is 348 g/mol. The minimum absolute atomic E-state index is 0.317. The van der Waals surface area contributed by atoms with Crippen LogP contribution in [-0.2, 0) is 10.0 Å². The minimum atomic E-state index is -3.07. The van der Waals surface area contributed by atoms with E-state index in [0.717, 1.165) is 24.8 Å². The Hall–Kier alpha value is -0.820. The Morgan fingerprint density at radius 3 is 2.54 bits per heavy atom. The van der Waals surface area contributed by atoms with Crippen molar-refractivity contribution in [2.24, 2.45) is 16.8 Å². The smallest absolute Gasteiger partial charge is 0.211 e. The van der Waals surface area contributed by atoms with E-state index >= 15 is 0 Å². The largest absolute Gasteiger partial charge is 0.357 e. The fourth-order valence-electron chi connectivity index (χ4n) is 4.05. The lowest BCUT2D eigenvalue weighted by molar-refractivity contribution is 0.322. The third kappa shape index (κ3) is 7.43. The van der Waals surface area contributed by atoms with Gasteiger partial charge in [-0.3, -0.25) is 4.99 Å². The first-order valence-corrected chi connectivity index (χ1v) is 12.2. The molecular formula is C19H38N4O2S. The van der Waals surface area contributed by atoms with Crippen LogP contribution in [0.3, 0.4) is 0 Å². The summed E-state index contributed by atoms with van der Waals surface area (Å²) in [6.07, 6.45) is 11.7. The first-order valence-electron chi connectivity index (χ1n) is 10.4. The average Bonchev–Trinajstić information content (AvgIpc) is 3.08. The van der Waals surface area contributed by atoms with Crippen molar-refractivity contribution >= 4 is 16.0 Å². The zero-order valence-corrected chi connectivity index (χ0v) is 17.7. The molecule has 0 spiro atoms. The number of sulfonamides is 1. The van der Waals surface area contributed by atoms with E-state index in [2.05, 4.69) is 24.5 Å². The second-order valence-corrected chi connectivity index (χ2v) is 10.1. The van der Waals surface area contributed by atoms with E-state index in [9.17, 15) is 8.42 Å². The van der Waals surface area contributed by atoms with E-state index in [4.69, 9.17) is 4.99 Å². The van der Waals surface area contributed by atoms with E-state index < -0.39 is 10.0 Å². The maximum atomic E-state index is 11.6. The summed E-state index contributed by atoms with van der Waals surface area (Å²) in [5.74, 6) is 2.09. The van der Waals surface area contributed by atoms with Crippen LogP contribution in [0.15, 0.2) is 4.99 Å². The highest BCUT2D eigenvalue weighted by atomic mass is 32.2. The van der Waals surface area contributed by atoms with Gasteiger partial charge in [0.2, 0.25) is 10.0 Å². The predicted molar refractivity (Wildman–Crippen MR) is 109 cm³/mol. The molecule has 2 fully saturated rings. The van der Waals surface area contributed by atoms with Crippen LogP contribution in [0.4, 0.5) is 0 Å². The van der Waals surface area contributed by atoms with Crippen molar-refractivity contribution in [2.45, 2.75) is 71.3 Å². The molecule has 1 heterocycles. The Labute approximate surface area is 160 Å². The van der Waals surface area contributed by atoms with Crippen LogP contribution in [0.2, 0.25) is 0 Å². The fourth-order valence-corrected chi connectivity index (χ4v) is 4.97. The van der Waals surface area contributed by atoms with Crippen LogP contribution in [0, 0.1) is 11.8 Å². The summed E-state index contributed by atoms with van der Waals surface area (Å²) in [6.45, 7) is 7.04. The van der Waals surface area contributed by atoms with E-state index in [1.54, 1.807) is 4.31 Å². The van der Waals surface area contributed by atoms with Gasteiger partial charge in [0.25, 0.3) is 0 Å². The highest BCUT2D eigenvalue weighted by Crippen LogP contribution is 2.27. The maximum absolute atomic E-state index is 11.6. The van der Waals surface area contributed by atoms with E-state index in [0.29, 0.717) is 31.6 Å². The molecule has 6 nitrogen and oxygen atoms in total. The van der Waals surface area contributed by atoms with Gasteiger partial charge < -0.3 is 10.6 Å². The van der Waals surface area contributed by atoms with Gasteiger partial charge in [-0.25, -0.2) is 12.7 Å². The molecule has 0 amide bonds. The Bertz CT molecular complexity index is 544. The number of nitrogens with zero attached hydrogens (tertiary/aromatic N) is 2. The summed E-state index contributed by atoms with van der Waals surface area (Å²) >= 11 is 0. The molecule has 26 heavy (non-hydrogen) atoms. The Kier molecular flexibility index (Phi) is 8.67. The molecule has 1 saturated heterocycles. The first kappa shape index (κ1) is 21.5. The van der Waals surface area contributed by atoms with Crippen molar-refractivity contribution in [3.8, 4) is 0 Å². The number of aliphatic imine (C=N–C) groups is 1. The first-order chi connectivity index (χ1) is 12.4. The normalized spacial score (nSPS) is 24.6. The van der Waals surface area contributed by atoms with Gasteiger partial charge in [-0.2, -0.15) is 0 Å². The molecule has 2 N–H and O–H groups in total. The molecule has 152 valence electrons. The molecule has 1 saturated carbocycles. The lowest BCUT2D eigenvalue weighted by atomic mass is 9.85. The molecule has 7 heteroatoms. The maximum Gasteiger partial charge on any atom is 0.211 e. The Morgan fingerprint density at radius 2 is 1.92 bits per heavy atom. The highest BCUT2D eigenvalue weighted by molar-refractivity contribution is 7.88. The minimum Gasteiger partial charge on any atom is -0.357 e. The number of guanidine groups is 1. The molecule has 1 aliphatic heterocycles. The van der Waals surface area contributed by atoms with Crippen LogP contribution in [0.1, 0.15) is 65.2 Å². The van der Waals surface area contributed by atoms with Crippen molar-refractivity contribution < 1.29 is 8.42 Å². The Morgan fingerprint density at radius 1 is 1.19 bits per heavy atom. The van der Waals surface area contributed by atoms with Crippen molar-refractivity contribution in [3.63, 3.8) is 0 Å². The summed E-state index contributed by atoms with van der Waals surface area (Å²) < 4.78 is 24.8. The summed E-state index contributed by atoms with van der Waals surface area (Å²) in [5.41, 5.74) is 0. The average molecular weight is 387 g/mol. The molecule has 0 radical (unpaired) electrons. The quantitative estimate of drug-likeness (QED) is 0.497. The summed E-state index contributed by atoms with van der Waals surface area (Å²) in [5, 5.41) is 6.85. The van der Waals surface area contributed by atoms with Gasteiger partial charge in [0.15, 0.2) is 5.96 Å². The standard InChI is InChI=1S/C19H38N4O2S/c1-4-20-19(21-14-18-12-13-23(15-18)26(3,24)25)22-16(2)10-11-17-8-6-5-7-9-17/h16-18H,4-15H2,1-3H3,(H2,20,21,22). The lowest BCUT2D eigenvalue weighted by Crippen LogP contribution is -2.42. The van der Waals surface area contributed by atoms with Crippen LogP contribution in [-0.4, -0.2) is 57.2 Å². The van der Waals surface area contributed by atoms with Crippen LogP contribution in [0.25, 0.3) is 0 Å². The molecule has 2 atom stereocenters. The van der Waals surface area contributed by atoms with Gasteiger partial charge in [0.05, 0.1) is 6.26 Å². The number of rotatable bonds is 8. The molecule has 1 aliphatic carbocycles. The molecule has 0 bridgehead atoms. The molecule has 2 rings (SSSR count). The van der Waals surface area contributed by atoms with Crippen LogP contribution < -0.4 is 10.6 Å². The Balaban J connectivity index is 1.76. The zero-order valence-electron chi connectivity index (χ0n) is 16.8. The lowest BCUT2D eigenvalue weighted by Gasteiger charge is -2.24. The second-order valence-electron chi connectivity index (χ2n) is 8.12. The monoisotopic (exact) mass is 386 g/mol. The zero-order chi connectivity index (χ0) is 19.0. The molecule has 0 aromatic rings. The van der Waals surface area contributed by atoms with Gasteiger partial charge in [-0.15, -0.1) is 0 Å². The number of hydrogen-bond acceptors (Lipinski definition) is 3. The topological polar surface area (TPSA) is 73.8 Å². The third-order valence-corrected chi connectivity index (χ3v) is 6.95. The second kappa shape index (κ2) is 10.5. The van der Waals surface area contributed by atoms with Crippen molar-refractivity contribution in [1.29, 1.82) is 0 Å². The van der Waals surface area contributed by atoms with Gasteiger partial charge in [0, 0.05) is 32.2 Å². The summed E-state index contributed by atoms with van der Waals surface area (Å²) in [6, 6.07) is 0.408. The fraction of sp³-hybridized carbons (Fsp3) is 0.947. The van der Waals surface area contributed by atoms with Gasteiger partial charge >= 0.3 is 0 Å². The number of hydrogen-bond donors (Lipinski definition) is 2. The van der Waals surface area contributed by atoms with E-state index in [1.807, 2.05) is 0 Å². The highest BCUT2D eigenvalue weighted by Gasteiger charge is 2.28. The van der Waals surface area contributed by atoms with Crippen molar-refractivity contribution in [3.05, 3.63) is 0 Å². The molecule has 0 aromatic heterocycles. The van der Waals surface area contributed by atoms with Crippen LogP contribution in [0.5, 0.6) is 0 Å². The molecule has 2 aliphatic rings. The van der Waals surface area contributed by atoms with Gasteiger partial charge in [-0.05, 0) is 44.9 Å².